The number of primary amides is 1. The average Bonchev–Trinajstić information content (AvgIpc) is 3.46. The number of hydrogen-bond donors (Lipinski definition) is 1. The molecule has 1 unspecified atom stereocenters. The number of nitrogens with two attached hydrogens (primary N) is 1. The number of benzene rings is 2. The molecule has 0 saturated carbocycles. The van der Waals surface area contributed by atoms with E-state index in [4.69, 9.17) is 10.3 Å². The number of nitrogens with zero attached hydrogens (tertiary/aromatic N) is 3. The third-order valence-electron chi connectivity index (χ3n) is 4.91. The predicted octanol–water partition coefficient (Wildman–Crippen LogP) is 3.86. The van der Waals surface area contributed by atoms with E-state index in [9.17, 15) is 17.6 Å². The fourth-order valence-electron chi connectivity index (χ4n) is 3.36. The van der Waals surface area contributed by atoms with Gasteiger partial charge in [-0.25, -0.2) is 22.1 Å². The van der Waals surface area contributed by atoms with E-state index in [1.807, 2.05) is 0 Å². The van der Waals surface area contributed by atoms with E-state index in [1.165, 1.54) is 59.0 Å². The molecule has 33 heavy (non-hydrogen) atoms. The first-order chi connectivity index (χ1) is 15.8. The number of halogens is 1. The van der Waals surface area contributed by atoms with Crippen molar-refractivity contribution in [2.45, 2.75) is 24.3 Å². The van der Waals surface area contributed by atoms with Gasteiger partial charge in [0.1, 0.15) is 11.6 Å². The number of carbonyl (C=O) groups excluding carboxylic acids is 1. The number of thiazole rings is 1. The van der Waals surface area contributed by atoms with E-state index >= 15 is 0 Å². The number of carbonyl (C=O) groups is 1. The van der Waals surface area contributed by atoms with Crippen molar-refractivity contribution in [3.8, 4) is 0 Å². The summed E-state index contributed by atoms with van der Waals surface area (Å²) >= 11 is 1.14. The number of aryl methyl sites for hydroxylation is 1. The number of rotatable bonds is 8. The Labute approximate surface area is 193 Å². The van der Waals surface area contributed by atoms with E-state index in [0.717, 1.165) is 11.3 Å². The molecule has 2 aromatic heterocycles. The first kappa shape index (κ1) is 22.6. The topological polar surface area (TPSA) is 119 Å². The van der Waals surface area contributed by atoms with Crippen molar-refractivity contribution in [3.05, 3.63) is 94.6 Å². The maximum atomic E-state index is 13.8. The Morgan fingerprint density at radius 1 is 1.18 bits per heavy atom. The standard InChI is InChI=1S/C22H19FN4O4S2/c1-14-12-18(31-26-14)13-20(15-2-6-17(23)7-3-15)27(22-25-10-11-32-22)33(29,30)19-8-4-16(5-9-19)21(24)28/h2-12,20H,13H2,1H3,(H2,24,28). The van der Waals surface area contributed by atoms with Gasteiger partial charge in [0.15, 0.2) is 5.13 Å². The van der Waals surface area contributed by atoms with Gasteiger partial charge in [-0.3, -0.25) is 4.79 Å². The summed E-state index contributed by atoms with van der Waals surface area (Å²) in [5.41, 5.74) is 6.65. The number of anilines is 1. The molecule has 0 aliphatic heterocycles. The van der Waals surface area contributed by atoms with E-state index in [2.05, 4.69) is 10.1 Å². The van der Waals surface area contributed by atoms with Gasteiger partial charge in [-0.05, 0) is 48.9 Å². The van der Waals surface area contributed by atoms with Crippen LogP contribution in [-0.2, 0) is 16.4 Å². The predicted molar refractivity (Wildman–Crippen MR) is 121 cm³/mol. The van der Waals surface area contributed by atoms with Crippen LogP contribution in [-0.4, -0.2) is 24.5 Å². The van der Waals surface area contributed by atoms with Crippen molar-refractivity contribution in [1.82, 2.24) is 10.1 Å². The highest BCUT2D eigenvalue weighted by Crippen LogP contribution is 2.37. The second kappa shape index (κ2) is 9.12. The molecule has 0 aliphatic rings. The second-order valence-electron chi connectivity index (χ2n) is 7.21. The van der Waals surface area contributed by atoms with Crippen molar-refractivity contribution in [2.24, 2.45) is 5.73 Å². The maximum absolute atomic E-state index is 13.8. The van der Waals surface area contributed by atoms with Crippen LogP contribution in [0.4, 0.5) is 9.52 Å². The summed E-state index contributed by atoms with van der Waals surface area (Å²) in [6.07, 6.45) is 1.63. The smallest absolute Gasteiger partial charge is 0.266 e. The lowest BCUT2D eigenvalue weighted by Crippen LogP contribution is -2.36. The zero-order chi connectivity index (χ0) is 23.6. The number of aromatic nitrogens is 2. The van der Waals surface area contributed by atoms with E-state index in [-0.39, 0.29) is 22.0 Å². The lowest BCUT2D eigenvalue weighted by Gasteiger charge is -2.30. The lowest BCUT2D eigenvalue weighted by atomic mass is 10.0. The summed E-state index contributed by atoms with van der Waals surface area (Å²) in [5, 5.41) is 5.77. The van der Waals surface area contributed by atoms with Crippen LogP contribution >= 0.6 is 11.3 Å². The molecule has 0 saturated heterocycles. The summed E-state index contributed by atoms with van der Waals surface area (Å²) < 4.78 is 47.9. The highest BCUT2D eigenvalue weighted by atomic mass is 32.2. The van der Waals surface area contributed by atoms with E-state index in [1.54, 1.807) is 18.4 Å². The summed E-state index contributed by atoms with van der Waals surface area (Å²) in [5.74, 6) is -0.651. The molecule has 0 radical (unpaired) electrons. The number of hydrogen-bond acceptors (Lipinski definition) is 7. The average molecular weight is 487 g/mol. The molecule has 4 rings (SSSR count). The quantitative estimate of drug-likeness (QED) is 0.404. The van der Waals surface area contributed by atoms with Gasteiger partial charge in [0.05, 0.1) is 16.6 Å². The largest absolute Gasteiger partial charge is 0.366 e. The Morgan fingerprint density at radius 3 is 2.42 bits per heavy atom. The molecule has 0 aliphatic carbocycles. The molecular formula is C22H19FN4O4S2. The van der Waals surface area contributed by atoms with E-state index in [0.29, 0.717) is 17.0 Å². The van der Waals surface area contributed by atoms with Crippen molar-refractivity contribution >= 4 is 32.4 Å². The third kappa shape index (κ3) is 4.78. The zero-order valence-corrected chi connectivity index (χ0v) is 19.0. The molecule has 0 bridgehead atoms. The van der Waals surface area contributed by atoms with Gasteiger partial charge in [-0.15, -0.1) is 11.3 Å². The second-order valence-corrected chi connectivity index (χ2v) is 9.90. The monoisotopic (exact) mass is 486 g/mol. The molecule has 2 aromatic carbocycles. The van der Waals surface area contributed by atoms with Crippen molar-refractivity contribution < 1.29 is 22.1 Å². The first-order valence-electron chi connectivity index (χ1n) is 9.77. The van der Waals surface area contributed by atoms with Gasteiger partial charge in [0, 0.05) is 29.6 Å². The van der Waals surface area contributed by atoms with E-state index < -0.39 is 27.8 Å². The summed E-state index contributed by atoms with van der Waals surface area (Å²) in [4.78, 5) is 15.6. The normalized spacial score (nSPS) is 12.4. The van der Waals surface area contributed by atoms with Gasteiger partial charge < -0.3 is 10.3 Å². The van der Waals surface area contributed by atoms with Gasteiger partial charge in [-0.2, -0.15) is 0 Å². The molecule has 11 heteroatoms. The fourth-order valence-corrected chi connectivity index (χ4v) is 5.87. The third-order valence-corrected chi connectivity index (χ3v) is 7.61. The van der Waals surface area contributed by atoms with Crippen LogP contribution in [0.15, 0.2) is 75.6 Å². The molecule has 8 nitrogen and oxygen atoms in total. The van der Waals surface area contributed by atoms with Crippen molar-refractivity contribution in [2.75, 3.05) is 4.31 Å². The van der Waals surface area contributed by atoms with Crippen LogP contribution in [0.1, 0.15) is 33.4 Å². The molecule has 0 fully saturated rings. The summed E-state index contributed by atoms with van der Waals surface area (Å²) in [7, 11) is -4.16. The Balaban J connectivity index is 1.86. The molecule has 2 heterocycles. The van der Waals surface area contributed by atoms with Crippen molar-refractivity contribution in [3.63, 3.8) is 0 Å². The molecule has 1 amide bonds. The molecule has 1 atom stereocenters. The molecular weight excluding hydrogens is 467 g/mol. The highest BCUT2D eigenvalue weighted by molar-refractivity contribution is 7.93. The fraction of sp³-hybridized carbons (Fsp3) is 0.136. The van der Waals surface area contributed by atoms with Crippen LogP contribution in [0.3, 0.4) is 0 Å². The zero-order valence-electron chi connectivity index (χ0n) is 17.4. The Hall–Kier alpha value is -3.57. The Bertz CT molecular complexity index is 1350. The lowest BCUT2D eigenvalue weighted by molar-refractivity contribution is 0.1000. The van der Waals surface area contributed by atoms with Crippen LogP contribution in [0.25, 0.3) is 0 Å². The molecule has 2 N–H and O–H groups in total. The number of amides is 1. The van der Waals surface area contributed by atoms with Crippen LogP contribution < -0.4 is 10.0 Å². The van der Waals surface area contributed by atoms with Gasteiger partial charge >= 0.3 is 0 Å². The van der Waals surface area contributed by atoms with Gasteiger partial charge in [-0.1, -0.05) is 17.3 Å². The highest BCUT2D eigenvalue weighted by Gasteiger charge is 2.35. The van der Waals surface area contributed by atoms with Crippen LogP contribution in [0.2, 0.25) is 0 Å². The minimum absolute atomic E-state index is 0.0523. The Kier molecular flexibility index (Phi) is 6.25. The van der Waals surface area contributed by atoms with Crippen LogP contribution in [0.5, 0.6) is 0 Å². The van der Waals surface area contributed by atoms with Gasteiger partial charge in [0.2, 0.25) is 5.91 Å². The first-order valence-corrected chi connectivity index (χ1v) is 12.1. The summed E-state index contributed by atoms with van der Waals surface area (Å²) in [6, 6.07) is 11.8. The van der Waals surface area contributed by atoms with Crippen molar-refractivity contribution in [1.29, 1.82) is 0 Å². The van der Waals surface area contributed by atoms with Crippen LogP contribution in [0, 0.1) is 12.7 Å². The van der Waals surface area contributed by atoms with Gasteiger partial charge in [0.25, 0.3) is 10.0 Å². The minimum atomic E-state index is -4.16. The molecule has 4 aromatic rings. The molecule has 0 spiro atoms. The Morgan fingerprint density at radius 2 is 1.88 bits per heavy atom. The summed E-state index contributed by atoms with van der Waals surface area (Å²) in [6.45, 7) is 1.76. The number of sulfonamides is 1. The maximum Gasteiger partial charge on any atom is 0.266 e. The molecule has 170 valence electrons. The minimum Gasteiger partial charge on any atom is -0.366 e. The SMILES string of the molecule is Cc1cc(CC(c2ccc(F)cc2)N(c2nccs2)S(=O)(=O)c2ccc(C(N)=O)cc2)on1.